The minimum absolute atomic E-state index is 0.151. The number of likely N-dealkylation sites (tertiary alicyclic amines) is 1. The van der Waals surface area contributed by atoms with Crippen molar-refractivity contribution in [2.45, 2.75) is 33.1 Å². The highest BCUT2D eigenvalue weighted by molar-refractivity contribution is 7.21. The van der Waals surface area contributed by atoms with Gasteiger partial charge in [-0.3, -0.25) is 4.79 Å². The average molecular weight is 339 g/mol. The zero-order valence-corrected chi connectivity index (χ0v) is 14.9. The standard InChI is InChI=1S/C19H21N3OS/c1-13-12-14(2)20-18-15(13)16(21-8-6-7-9-21)17(24-18)19(23)22-10-4-3-5-11-22/h6-9,12H,3-5,10-11H2,1-2H3. The number of hydrogen-bond donors (Lipinski definition) is 0. The van der Waals surface area contributed by atoms with Crippen molar-refractivity contribution in [3.8, 4) is 5.69 Å². The number of piperidine rings is 1. The predicted octanol–water partition coefficient (Wildman–Crippen LogP) is 4.33. The quantitative estimate of drug-likeness (QED) is 0.697. The Bertz CT molecular complexity index is 889. The summed E-state index contributed by atoms with van der Waals surface area (Å²) in [5, 5.41) is 1.10. The SMILES string of the molecule is Cc1cc(C)c2c(-n3cccc3)c(C(=O)N3CCCCC3)sc2n1. The first kappa shape index (κ1) is 15.4. The van der Waals surface area contributed by atoms with Gasteiger partial charge < -0.3 is 9.47 Å². The lowest BCUT2D eigenvalue weighted by molar-refractivity contribution is 0.0729. The highest BCUT2D eigenvalue weighted by Crippen LogP contribution is 2.36. The fraction of sp³-hybridized carbons (Fsp3) is 0.368. The Morgan fingerprint density at radius 3 is 2.54 bits per heavy atom. The molecule has 1 saturated heterocycles. The Balaban J connectivity index is 1.92. The van der Waals surface area contributed by atoms with Crippen LogP contribution in [0.3, 0.4) is 0 Å². The van der Waals surface area contributed by atoms with E-state index >= 15 is 0 Å². The molecule has 0 N–H and O–H groups in total. The summed E-state index contributed by atoms with van der Waals surface area (Å²) in [6, 6.07) is 6.09. The number of aromatic nitrogens is 2. The Hall–Kier alpha value is -2.14. The first-order chi connectivity index (χ1) is 11.6. The molecule has 0 bridgehead atoms. The maximum Gasteiger partial charge on any atom is 0.266 e. The fourth-order valence-electron chi connectivity index (χ4n) is 3.54. The van der Waals surface area contributed by atoms with E-state index in [-0.39, 0.29) is 5.91 Å². The normalized spacial score (nSPS) is 15.2. The number of fused-ring (bicyclic) bond motifs is 1. The summed E-state index contributed by atoms with van der Waals surface area (Å²) in [7, 11) is 0. The van der Waals surface area contributed by atoms with Crippen molar-refractivity contribution < 1.29 is 4.79 Å². The Morgan fingerprint density at radius 2 is 1.83 bits per heavy atom. The number of hydrogen-bond acceptors (Lipinski definition) is 3. The second-order valence-corrected chi connectivity index (χ2v) is 7.48. The summed E-state index contributed by atoms with van der Waals surface area (Å²) in [5.74, 6) is 0.151. The van der Waals surface area contributed by atoms with Gasteiger partial charge in [0.15, 0.2) is 0 Å². The van der Waals surface area contributed by atoms with E-state index < -0.39 is 0 Å². The number of carbonyl (C=O) groups excluding carboxylic acids is 1. The molecule has 0 aliphatic carbocycles. The van der Waals surface area contributed by atoms with Gasteiger partial charge in [-0.15, -0.1) is 11.3 Å². The molecular weight excluding hydrogens is 318 g/mol. The minimum Gasteiger partial charge on any atom is -0.338 e. The number of rotatable bonds is 2. The van der Waals surface area contributed by atoms with E-state index in [1.165, 1.54) is 23.3 Å². The molecule has 124 valence electrons. The van der Waals surface area contributed by atoms with Gasteiger partial charge in [-0.1, -0.05) is 0 Å². The molecule has 0 spiro atoms. The lowest BCUT2D eigenvalue weighted by Gasteiger charge is -2.26. The Morgan fingerprint density at radius 1 is 1.12 bits per heavy atom. The van der Waals surface area contributed by atoms with Gasteiger partial charge in [-0.05, 0) is 56.9 Å². The molecule has 4 heterocycles. The fourth-order valence-corrected chi connectivity index (χ4v) is 4.80. The lowest BCUT2D eigenvalue weighted by Crippen LogP contribution is -2.35. The van der Waals surface area contributed by atoms with Crippen LogP contribution in [-0.2, 0) is 0 Å². The molecule has 1 aliphatic heterocycles. The molecule has 0 radical (unpaired) electrons. The first-order valence-electron chi connectivity index (χ1n) is 8.48. The van der Waals surface area contributed by atoms with Crippen molar-refractivity contribution in [1.82, 2.24) is 14.5 Å². The van der Waals surface area contributed by atoms with E-state index in [4.69, 9.17) is 0 Å². The smallest absolute Gasteiger partial charge is 0.266 e. The summed E-state index contributed by atoms with van der Waals surface area (Å²) in [4.78, 5) is 21.6. The summed E-state index contributed by atoms with van der Waals surface area (Å²) < 4.78 is 2.06. The van der Waals surface area contributed by atoms with Crippen molar-refractivity contribution in [3.05, 3.63) is 46.7 Å². The first-order valence-corrected chi connectivity index (χ1v) is 9.30. The molecule has 3 aromatic rings. The second kappa shape index (κ2) is 6.06. The van der Waals surface area contributed by atoms with E-state index in [1.54, 1.807) is 0 Å². The molecule has 0 aromatic carbocycles. The minimum atomic E-state index is 0.151. The second-order valence-electron chi connectivity index (χ2n) is 6.48. The third-order valence-electron chi connectivity index (χ3n) is 4.66. The van der Waals surface area contributed by atoms with Gasteiger partial charge >= 0.3 is 0 Å². The number of thiophene rings is 1. The zero-order chi connectivity index (χ0) is 16.7. The molecule has 4 nitrogen and oxygen atoms in total. The summed E-state index contributed by atoms with van der Waals surface area (Å²) in [6.07, 6.45) is 7.44. The van der Waals surface area contributed by atoms with Crippen molar-refractivity contribution in [2.75, 3.05) is 13.1 Å². The molecule has 1 aliphatic rings. The van der Waals surface area contributed by atoms with E-state index in [2.05, 4.69) is 22.5 Å². The molecule has 0 atom stereocenters. The van der Waals surface area contributed by atoms with Crippen molar-refractivity contribution in [3.63, 3.8) is 0 Å². The number of pyridine rings is 1. The number of amides is 1. The van der Waals surface area contributed by atoms with Gasteiger partial charge in [0, 0.05) is 36.6 Å². The highest BCUT2D eigenvalue weighted by atomic mass is 32.1. The highest BCUT2D eigenvalue weighted by Gasteiger charge is 2.26. The molecule has 24 heavy (non-hydrogen) atoms. The van der Waals surface area contributed by atoms with E-state index in [0.717, 1.165) is 52.4 Å². The van der Waals surface area contributed by atoms with Gasteiger partial charge in [0.1, 0.15) is 9.71 Å². The van der Waals surface area contributed by atoms with Crippen LogP contribution < -0.4 is 0 Å². The Labute approximate surface area is 145 Å². The molecule has 4 rings (SSSR count). The molecule has 5 heteroatoms. The van der Waals surface area contributed by atoms with Crippen LogP contribution in [0.15, 0.2) is 30.6 Å². The summed E-state index contributed by atoms with van der Waals surface area (Å²) in [6.45, 7) is 5.84. The Kier molecular flexibility index (Phi) is 3.88. The van der Waals surface area contributed by atoms with E-state index in [9.17, 15) is 4.79 Å². The summed E-state index contributed by atoms with van der Waals surface area (Å²) >= 11 is 1.53. The van der Waals surface area contributed by atoms with Crippen LogP contribution >= 0.6 is 11.3 Å². The maximum absolute atomic E-state index is 13.2. The lowest BCUT2D eigenvalue weighted by atomic mass is 10.1. The predicted molar refractivity (Wildman–Crippen MR) is 98.2 cm³/mol. The summed E-state index contributed by atoms with van der Waals surface area (Å²) in [5.41, 5.74) is 3.16. The van der Waals surface area contributed by atoms with Gasteiger partial charge in [0.05, 0.1) is 5.69 Å². The van der Waals surface area contributed by atoms with Crippen molar-refractivity contribution in [1.29, 1.82) is 0 Å². The number of aryl methyl sites for hydroxylation is 2. The topological polar surface area (TPSA) is 38.1 Å². The molecule has 0 saturated carbocycles. The van der Waals surface area contributed by atoms with Gasteiger partial charge in [-0.2, -0.15) is 0 Å². The monoisotopic (exact) mass is 339 g/mol. The van der Waals surface area contributed by atoms with E-state index in [1.807, 2.05) is 36.4 Å². The van der Waals surface area contributed by atoms with Crippen LogP contribution in [0.1, 0.15) is 40.2 Å². The molecule has 3 aromatic heterocycles. The molecular formula is C19H21N3OS. The van der Waals surface area contributed by atoms with Crippen LogP contribution in [0.25, 0.3) is 15.9 Å². The maximum atomic E-state index is 13.2. The number of nitrogens with zero attached hydrogens (tertiary/aromatic N) is 3. The van der Waals surface area contributed by atoms with Crippen LogP contribution in [-0.4, -0.2) is 33.4 Å². The van der Waals surface area contributed by atoms with E-state index in [0.29, 0.717) is 0 Å². The average Bonchev–Trinajstić information content (AvgIpc) is 3.21. The molecule has 1 fully saturated rings. The van der Waals surface area contributed by atoms with Crippen molar-refractivity contribution >= 4 is 27.5 Å². The van der Waals surface area contributed by atoms with Gasteiger partial charge in [-0.25, -0.2) is 4.98 Å². The third kappa shape index (κ3) is 2.53. The largest absolute Gasteiger partial charge is 0.338 e. The van der Waals surface area contributed by atoms with Crippen LogP contribution in [0.2, 0.25) is 0 Å². The molecule has 1 amide bonds. The number of carbonyl (C=O) groups is 1. The van der Waals surface area contributed by atoms with Crippen molar-refractivity contribution in [2.24, 2.45) is 0 Å². The van der Waals surface area contributed by atoms with Crippen LogP contribution in [0.4, 0.5) is 0 Å². The van der Waals surface area contributed by atoms with Gasteiger partial charge in [0.25, 0.3) is 5.91 Å². The van der Waals surface area contributed by atoms with Gasteiger partial charge in [0.2, 0.25) is 0 Å². The zero-order valence-electron chi connectivity index (χ0n) is 14.1. The third-order valence-corrected chi connectivity index (χ3v) is 5.72. The molecule has 0 unspecified atom stereocenters. The van der Waals surface area contributed by atoms with Crippen LogP contribution in [0.5, 0.6) is 0 Å². The van der Waals surface area contributed by atoms with Crippen LogP contribution in [0, 0.1) is 13.8 Å².